The van der Waals surface area contributed by atoms with Gasteiger partial charge in [-0.3, -0.25) is 4.79 Å². The molecular formula is C20H21NO5. The highest BCUT2D eigenvalue weighted by Crippen LogP contribution is 2.31. The summed E-state index contributed by atoms with van der Waals surface area (Å²) in [5.74, 6) is 0.494. The van der Waals surface area contributed by atoms with Gasteiger partial charge in [-0.05, 0) is 48.6 Å². The van der Waals surface area contributed by atoms with Crippen molar-refractivity contribution in [3.63, 3.8) is 0 Å². The predicted octanol–water partition coefficient (Wildman–Crippen LogP) is 3.11. The molecule has 136 valence electrons. The number of hydrogen-bond acceptors (Lipinski definition) is 4. The third-order valence-corrected chi connectivity index (χ3v) is 4.26. The minimum atomic E-state index is -0.976. The van der Waals surface area contributed by atoms with E-state index in [9.17, 15) is 9.59 Å². The number of carbonyl (C=O) groups excluding carboxylic acids is 1. The highest BCUT2D eigenvalue weighted by Gasteiger charge is 2.23. The van der Waals surface area contributed by atoms with Crippen LogP contribution in [0.5, 0.6) is 11.5 Å². The van der Waals surface area contributed by atoms with Gasteiger partial charge >= 0.3 is 5.97 Å². The minimum absolute atomic E-state index is 0.214. The first kappa shape index (κ1) is 17.8. The largest absolute Gasteiger partial charge is 0.497 e. The van der Waals surface area contributed by atoms with Gasteiger partial charge in [0.15, 0.2) is 0 Å². The third kappa shape index (κ3) is 4.53. The van der Waals surface area contributed by atoms with E-state index < -0.39 is 5.97 Å². The molecule has 1 saturated carbocycles. The number of amides is 1. The Bertz CT molecular complexity index is 796. The van der Waals surface area contributed by atoms with E-state index in [4.69, 9.17) is 14.6 Å². The van der Waals surface area contributed by atoms with Crippen LogP contribution in [-0.2, 0) is 6.54 Å². The first-order chi connectivity index (χ1) is 12.6. The van der Waals surface area contributed by atoms with E-state index in [0.717, 1.165) is 18.4 Å². The van der Waals surface area contributed by atoms with E-state index in [1.807, 2.05) is 0 Å². The van der Waals surface area contributed by atoms with E-state index in [1.165, 1.54) is 12.1 Å². The van der Waals surface area contributed by atoms with Crippen molar-refractivity contribution in [3.05, 3.63) is 59.2 Å². The molecule has 0 aliphatic heterocycles. The molecule has 0 radical (unpaired) electrons. The van der Waals surface area contributed by atoms with E-state index in [-0.39, 0.29) is 11.5 Å². The average Bonchev–Trinajstić information content (AvgIpc) is 3.49. The van der Waals surface area contributed by atoms with Crippen LogP contribution in [0.2, 0.25) is 0 Å². The van der Waals surface area contributed by atoms with Gasteiger partial charge in [0.2, 0.25) is 0 Å². The smallest absolute Gasteiger partial charge is 0.335 e. The Morgan fingerprint density at radius 3 is 2.50 bits per heavy atom. The molecule has 1 aliphatic carbocycles. The Morgan fingerprint density at radius 1 is 1.15 bits per heavy atom. The lowest BCUT2D eigenvalue weighted by Gasteiger charge is -2.13. The Morgan fingerprint density at radius 2 is 1.88 bits per heavy atom. The van der Waals surface area contributed by atoms with E-state index >= 15 is 0 Å². The Kier molecular flexibility index (Phi) is 5.41. The second-order valence-corrected chi connectivity index (χ2v) is 6.30. The zero-order chi connectivity index (χ0) is 18.5. The molecular weight excluding hydrogens is 334 g/mol. The average molecular weight is 355 g/mol. The number of methoxy groups -OCH3 is 1. The number of nitrogens with one attached hydrogen (secondary N) is 1. The lowest BCUT2D eigenvalue weighted by molar-refractivity contribution is 0.0696. The summed E-state index contributed by atoms with van der Waals surface area (Å²) >= 11 is 0. The van der Waals surface area contributed by atoms with Crippen molar-refractivity contribution in [2.75, 3.05) is 13.7 Å². The molecule has 0 heterocycles. The molecule has 6 heteroatoms. The van der Waals surface area contributed by atoms with Crippen molar-refractivity contribution in [2.45, 2.75) is 19.4 Å². The highest BCUT2D eigenvalue weighted by molar-refractivity contribution is 5.97. The van der Waals surface area contributed by atoms with Gasteiger partial charge in [0.05, 0.1) is 24.8 Å². The number of carboxylic acids is 1. The molecule has 2 aromatic carbocycles. The number of aromatic carboxylic acids is 1. The lowest BCUT2D eigenvalue weighted by atomic mass is 10.1. The Hall–Kier alpha value is -3.02. The zero-order valence-electron chi connectivity index (χ0n) is 14.5. The van der Waals surface area contributed by atoms with Gasteiger partial charge < -0.3 is 19.9 Å². The normalized spacial score (nSPS) is 13.1. The summed E-state index contributed by atoms with van der Waals surface area (Å²) in [7, 11) is 1.57. The topological polar surface area (TPSA) is 84.9 Å². The number of carbonyl (C=O) groups is 2. The van der Waals surface area contributed by atoms with Crippen LogP contribution in [0.15, 0.2) is 42.5 Å². The molecule has 1 amide bonds. The van der Waals surface area contributed by atoms with Crippen molar-refractivity contribution in [1.82, 2.24) is 5.32 Å². The number of ether oxygens (including phenoxy) is 2. The standard InChI is InChI=1S/C20H21NO5/c1-25-16-8-9-17(18(10-16)26-12-14-2-3-14)19(22)21-11-13-4-6-15(7-5-13)20(23)24/h4-10,14H,2-3,11-12H2,1H3,(H,21,22)(H,23,24). The zero-order valence-corrected chi connectivity index (χ0v) is 14.5. The molecule has 0 saturated heterocycles. The maximum absolute atomic E-state index is 12.5. The maximum atomic E-state index is 12.5. The van der Waals surface area contributed by atoms with E-state index in [1.54, 1.807) is 37.4 Å². The van der Waals surface area contributed by atoms with Crippen molar-refractivity contribution in [3.8, 4) is 11.5 Å². The van der Waals surface area contributed by atoms with Crippen LogP contribution < -0.4 is 14.8 Å². The first-order valence-electron chi connectivity index (χ1n) is 8.48. The fourth-order valence-corrected chi connectivity index (χ4v) is 2.47. The molecule has 0 aromatic heterocycles. The van der Waals surface area contributed by atoms with Crippen LogP contribution >= 0.6 is 0 Å². The summed E-state index contributed by atoms with van der Waals surface area (Å²) in [5, 5.41) is 11.8. The van der Waals surface area contributed by atoms with E-state index in [0.29, 0.717) is 36.1 Å². The van der Waals surface area contributed by atoms with Crippen LogP contribution in [0, 0.1) is 5.92 Å². The van der Waals surface area contributed by atoms with Crippen LogP contribution in [0.25, 0.3) is 0 Å². The van der Waals surface area contributed by atoms with Gasteiger partial charge in [-0.15, -0.1) is 0 Å². The quantitative estimate of drug-likeness (QED) is 0.760. The van der Waals surface area contributed by atoms with Gasteiger partial charge in [0.1, 0.15) is 11.5 Å². The van der Waals surface area contributed by atoms with Crippen molar-refractivity contribution in [2.24, 2.45) is 5.92 Å². The van der Waals surface area contributed by atoms with Crippen molar-refractivity contribution >= 4 is 11.9 Å². The summed E-state index contributed by atoms with van der Waals surface area (Å²) in [4.78, 5) is 23.4. The maximum Gasteiger partial charge on any atom is 0.335 e. The third-order valence-electron chi connectivity index (χ3n) is 4.26. The van der Waals surface area contributed by atoms with Crippen molar-refractivity contribution < 1.29 is 24.2 Å². The molecule has 0 atom stereocenters. The highest BCUT2D eigenvalue weighted by atomic mass is 16.5. The van der Waals surface area contributed by atoms with Crippen LogP contribution in [0.1, 0.15) is 39.1 Å². The van der Waals surface area contributed by atoms with Gasteiger partial charge in [-0.1, -0.05) is 12.1 Å². The van der Waals surface area contributed by atoms with Crippen molar-refractivity contribution in [1.29, 1.82) is 0 Å². The molecule has 0 bridgehead atoms. The number of benzene rings is 2. The molecule has 2 aromatic rings. The molecule has 6 nitrogen and oxygen atoms in total. The lowest BCUT2D eigenvalue weighted by Crippen LogP contribution is -2.23. The monoisotopic (exact) mass is 355 g/mol. The van der Waals surface area contributed by atoms with Gasteiger partial charge in [0, 0.05) is 12.6 Å². The fraction of sp³-hybridized carbons (Fsp3) is 0.300. The molecule has 26 heavy (non-hydrogen) atoms. The number of carboxylic acid groups (broad SMARTS) is 1. The Balaban J connectivity index is 1.66. The van der Waals surface area contributed by atoms with Gasteiger partial charge in [-0.25, -0.2) is 4.79 Å². The van der Waals surface area contributed by atoms with Crippen LogP contribution in [0.3, 0.4) is 0 Å². The molecule has 0 spiro atoms. The van der Waals surface area contributed by atoms with Gasteiger partial charge in [-0.2, -0.15) is 0 Å². The summed E-state index contributed by atoms with van der Waals surface area (Å²) in [6, 6.07) is 11.5. The first-order valence-corrected chi connectivity index (χ1v) is 8.48. The van der Waals surface area contributed by atoms with Crippen LogP contribution in [0.4, 0.5) is 0 Å². The summed E-state index contributed by atoms with van der Waals surface area (Å²) < 4.78 is 11.0. The summed E-state index contributed by atoms with van der Waals surface area (Å²) in [6.07, 6.45) is 2.33. The molecule has 1 fully saturated rings. The number of rotatable bonds is 8. The minimum Gasteiger partial charge on any atom is -0.497 e. The Labute approximate surface area is 151 Å². The molecule has 3 rings (SSSR count). The summed E-state index contributed by atoms with van der Waals surface area (Å²) in [6.45, 7) is 0.900. The SMILES string of the molecule is COc1ccc(C(=O)NCc2ccc(C(=O)O)cc2)c(OCC2CC2)c1. The molecule has 1 aliphatic rings. The summed E-state index contributed by atoms with van der Waals surface area (Å²) in [5.41, 5.74) is 1.48. The second kappa shape index (κ2) is 7.91. The molecule has 0 unspecified atom stereocenters. The number of hydrogen-bond donors (Lipinski definition) is 2. The van der Waals surface area contributed by atoms with Gasteiger partial charge in [0.25, 0.3) is 5.91 Å². The van der Waals surface area contributed by atoms with E-state index in [2.05, 4.69) is 5.32 Å². The second-order valence-electron chi connectivity index (χ2n) is 6.30. The molecule has 2 N–H and O–H groups in total. The van der Waals surface area contributed by atoms with Crippen LogP contribution in [-0.4, -0.2) is 30.7 Å². The fourth-order valence-electron chi connectivity index (χ4n) is 2.47. The predicted molar refractivity (Wildman–Crippen MR) is 95.8 cm³/mol.